The number of nitrogens with zero attached hydrogens (tertiary/aromatic N) is 3. The Morgan fingerprint density at radius 1 is 1.15 bits per heavy atom. The van der Waals surface area contributed by atoms with Crippen LogP contribution in [0.5, 0.6) is 11.5 Å². The minimum absolute atomic E-state index is 0.0212. The standard InChI is InChI=1S/C27H26N4O3/c1-27(2)12-20-24(21(32)13-27)23(17-11-15(33-3)9-10-22(17)34-4)18(14-28)26-30-25(29)16-7-5-6-8-19(16)31(20)26/h5-11,23H,12-13H2,1-4H3,(H2,29,30)/t23-/m1/s1. The molecule has 0 radical (unpaired) electrons. The van der Waals surface area contributed by atoms with Gasteiger partial charge >= 0.3 is 0 Å². The van der Waals surface area contributed by atoms with E-state index in [4.69, 9.17) is 20.2 Å². The normalized spacial score (nSPS) is 20.7. The summed E-state index contributed by atoms with van der Waals surface area (Å²) in [7, 11) is 3.16. The van der Waals surface area contributed by atoms with Crippen LogP contribution < -0.4 is 20.1 Å². The molecule has 7 heteroatoms. The van der Waals surface area contributed by atoms with Crippen molar-refractivity contribution in [3.8, 4) is 17.6 Å². The molecule has 0 amide bonds. The summed E-state index contributed by atoms with van der Waals surface area (Å²) in [6, 6.07) is 15.5. The number of anilines is 1. The summed E-state index contributed by atoms with van der Waals surface area (Å²) in [6.45, 7) is 4.18. The molecule has 0 saturated heterocycles. The number of ether oxygens (including phenoxy) is 2. The minimum Gasteiger partial charge on any atom is -0.497 e. The Labute approximate surface area is 198 Å². The fourth-order valence-electron chi connectivity index (χ4n) is 5.27. The molecule has 0 spiro atoms. The number of aliphatic imine (C=N–C) groups is 1. The first-order valence-corrected chi connectivity index (χ1v) is 11.2. The summed E-state index contributed by atoms with van der Waals surface area (Å²) in [6.07, 6.45) is 1.05. The lowest BCUT2D eigenvalue weighted by molar-refractivity contribution is -0.118. The number of nitriles is 1. The zero-order chi connectivity index (χ0) is 24.2. The van der Waals surface area contributed by atoms with Crippen LogP contribution in [0.2, 0.25) is 0 Å². The molecule has 172 valence electrons. The van der Waals surface area contributed by atoms with Gasteiger partial charge in [-0.25, -0.2) is 4.99 Å². The molecule has 2 heterocycles. The lowest BCUT2D eigenvalue weighted by Crippen LogP contribution is -2.42. The SMILES string of the molecule is COc1ccc(OC)c([C@@H]2C(C#N)=C3N=C(N)c4ccccc4N3C3=C2C(=O)CC(C)(C)C3)c1. The molecule has 1 aliphatic carbocycles. The van der Waals surface area contributed by atoms with Gasteiger partial charge in [0.2, 0.25) is 0 Å². The fraction of sp³-hybridized carbons (Fsp3) is 0.296. The Morgan fingerprint density at radius 3 is 2.62 bits per heavy atom. The van der Waals surface area contributed by atoms with Crippen molar-refractivity contribution in [1.29, 1.82) is 5.26 Å². The summed E-state index contributed by atoms with van der Waals surface area (Å²) < 4.78 is 11.1. The number of fused-ring (bicyclic) bond motifs is 4. The average molecular weight is 455 g/mol. The summed E-state index contributed by atoms with van der Waals surface area (Å²) >= 11 is 0. The van der Waals surface area contributed by atoms with Crippen LogP contribution in [-0.4, -0.2) is 25.8 Å². The number of methoxy groups -OCH3 is 2. The Hall–Kier alpha value is -4.05. The van der Waals surface area contributed by atoms with Crippen molar-refractivity contribution in [1.82, 2.24) is 0 Å². The Bertz CT molecular complexity index is 1360. The Balaban J connectivity index is 1.87. The largest absolute Gasteiger partial charge is 0.497 e. The van der Waals surface area contributed by atoms with Gasteiger partial charge in [0, 0.05) is 28.8 Å². The summed E-state index contributed by atoms with van der Waals surface area (Å²) in [5.74, 6) is 1.37. The van der Waals surface area contributed by atoms with Crippen LogP contribution in [0.15, 0.2) is 70.1 Å². The van der Waals surface area contributed by atoms with Gasteiger partial charge < -0.3 is 15.2 Å². The molecule has 2 N–H and O–H groups in total. The first-order chi connectivity index (χ1) is 16.3. The lowest BCUT2D eigenvalue weighted by atomic mass is 9.68. The van der Waals surface area contributed by atoms with Crippen molar-refractivity contribution >= 4 is 17.3 Å². The molecule has 0 saturated carbocycles. The highest BCUT2D eigenvalue weighted by molar-refractivity contribution is 6.08. The predicted octanol–water partition coefficient (Wildman–Crippen LogP) is 4.40. The molecule has 7 nitrogen and oxygen atoms in total. The van der Waals surface area contributed by atoms with Crippen LogP contribution in [0.25, 0.3) is 0 Å². The highest BCUT2D eigenvalue weighted by atomic mass is 16.5. The van der Waals surface area contributed by atoms with Crippen LogP contribution >= 0.6 is 0 Å². The number of para-hydroxylation sites is 1. The number of hydrogen-bond donors (Lipinski definition) is 1. The number of hydrogen-bond acceptors (Lipinski definition) is 7. The van der Waals surface area contributed by atoms with Gasteiger partial charge in [-0.1, -0.05) is 26.0 Å². The molecule has 0 aromatic heterocycles. The van der Waals surface area contributed by atoms with Gasteiger partial charge in [0.1, 0.15) is 17.3 Å². The van der Waals surface area contributed by atoms with Crippen molar-refractivity contribution in [2.24, 2.45) is 16.1 Å². The smallest absolute Gasteiger partial charge is 0.162 e. The molecule has 3 aliphatic rings. The van der Waals surface area contributed by atoms with E-state index >= 15 is 0 Å². The van der Waals surface area contributed by atoms with Gasteiger partial charge in [-0.2, -0.15) is 5.26 Å². The van der Waals surface area contributed by atoms with E-state index in [1.807, 2.05) is 35.2 Å². The van der Waals surface area contributed by atoms with Gasteiger partial charge in [0.25, 0.3) is 0 Å². The second kappa shape index (κ2) is 7.77. The number of allylic oxidation sites excluding steroid dienone is 3. The maximum absolute atomic E-state index is 13.7. The number of benzene rings is 2. The average Bonchev–Trinajstić information content (AvgIpc) is 2.82. The van der Waals surface area contributed by atoms with Gasteiger partial charge in [0.05, 0.1) is 37.5 Å². The van der Waals surface area contributed by atoms with Crippen LogP contribution in [0.4, 0.5) is 5.69 Å². The van der Waals surface area contributed by atoms with Gasteiger partial charge in [-0.3, -0.25) is 9.69 Å². The molecular weight excluding hydrogens is 428 g/mol. The third kappa shape index (κ3) is 3.18. The number of rotatable bonds is 3. The fourth-order valence-corrected chi connectivity index (χ4v) is 5.27. The van der Waals surface area contributed by atoms with E-state index in [1.165, 1.54) is 0 Å². The third-order valence-corrected chi connectivity index (χ3v) is 6.71. The van der Waals surface area contributed by atoms with E-state index in [-0.39, 0.29) is 11.2 Å². The topological polar surface area (TPSA) is 101 Å². The van der Waals surface area contributed by atoms with Crippen molar-refractivity contribution < 1.29 is 14.3 Å². The molecule has 2 aromatic rings. The number of carbonyl (C=O) groups is 1. The highest BCUT2D eigenvalue weighted by Gasteiger charge is 2.47. The quantitative estimate of drug-likeness (QED) is 0.737. The van der Waals surface area contributed by atoms with Gasteiger partial charge in [0.15, 0.2) is 11.6 Å². The number of carbonyl (C=O) groups excluding carboxylic acids is 1. The lowest BCUT2D eigenvalue weighted by Gasteiger charge is -2.45. The second-order valence-corrected chi connectivity index (χ2v) is 9.54. The monoisotopic (exact) mass is 454 g/mol. The van der Waals surface area contributed by atoms with E-state index in [0.717, 1.165) is 16.9 Å². The van der Waals surface area contributed by atoms with Crippen LogP contribution in [0.3, 0.4) is 0 Å². The Morgan fingerprint density at radius 2 is 1.91 bits per heavy atom. The molecule has 2 aliphatic heterocycles. The number of ketones is 1. The molecule has 5 rings (SSSR count). The number of amidine groups is 1. The van der Waals surface area contributed by atoms with E-state index in [2.05, 4.69) is 19.9 Å². The molecular formula is C27H26N4O3. The molecule has 34 heavy (non-hydrogen) atoms. The van der Waals surface area contributed by atoms with Crippen molar-refractivity contribution in [3.05, 3.63) is 76.3 Å². The van der Waals surface area contributed by atoms with Crippen LogP contribution in [-0.2, 0) is 4.79 Å². The van der Waals surface area contributed by atoms with E-state index in [0.29, 0.717) is 52.7 Å². The minimum atomic E-state index is -0.637. The zero-order valence-electron chi connectivity index (χ0n) is 19.7. The van der Waals surface area contributed by atoms with Gasteiger partial charge in [-0.05, 0) is 42.2 Å². The molecule has 0 bridgehead atoms. The van der Waals surface area contributed by atoms with Crippen LogP contribution in [0, 0.1) is 16.7 Å². The summed E-state index contributed by atoms with van der Waals surface area (Å²) in [5.41, 5.74) is 10.2. The van der Waals surface area contributed by atoms with Gasteiger partial charge in [-0.15, -0.1) is 0 Å². The second-order valence-electron chi connectivity index (χ2n) is 9.54. The highest BCUT2D eigenvalue weighted by Crippen LogP contribution is 2.54. The van der Waals surface area contributed by atoms with E-state index in [1.54, 1.807) is 26.4 Å². The van der Waals surface area contributed by atoms with Crippen molar-refractivity contribution in [2.75, 3.05) is 19.1 Å². The first kappa shape index (κ1) is 21.8. The van der Waals surface area contributed by atoms with Crippen molar-refractivity contribution in [3.63, 3.8) is 0 Å². The summed E-state index contributed by atoms with van der Waals surface area (Å²) in [5, 5.41) is 10.4. The molecule has 1 atom stereocenters. The van der Waals surface area contributed by atoms with E-state index in [9.17, 15) is 10.1 Å². The van der Waals surface area contributed by atoms with Crippen molar-refractivity contribution in [2.45, 2.75) is 32.6 Å². The zero-order valence-corrected chi connectivity index (χ0v) is 19.7. The number of Topliss-reactive ketones (excluding diaryl/α,β-unsaturated/α-hetero) is 1. The molecule has 0 unspecified atom stereocenters. The maximum Gasteiger partial charge on any atom is 0.162 e. The maximum atomic E-state index is 13.7. The third-order valence-electron chi connectivity index (χ3n) is 6.71. The number of nitrogens with two attached hydrogens (primary N) is 1. The predicted molar refractivity (Wildman–Crippen MR) is 130 cm³/mol. The summed E-state index contributed by atoms with van der Waals surface area (Å²) in [4.78, 5) is 20.4. The Kier molecular flexibility index (Phi) is 4.98. The van der Waals surface area contributed by atoms with E-state index < -0.39 is 5.92 Å². The van der Waals surface area contributed by atoms with Crippen LogP contribution in [0.1, 0.15) is 43.7 Å². The first-order valence-electron chi connectivity index (χ1n) is 11.2. The molecule has 2 aromatic carbocycles. The molecule has 0 fully saturated rings.